The van der Waals surface area contributed by atoms with Crippen LogP contribution in [0.5, 0.6) is 17.2 Å². The van der Waals surface area contributed by atoms with Crippen molar-refractivity contribution in [3.8, 4) is 17.2 Å². The fraction of sp³-hybridized carbons (Fsp3) is 0.250. The predicted molar refractivity (Wildman–Crippen MR) is 76.1 cm³/mol. The highest BCUT2D eigenvalue weighted by Crippen LogP contribution is 2.35. The molecule has 0 spiro atoms. The van der Waals surface area contributed by atoms with Crippen LogP contribution in [0.4, 0.5) is 4.39 Å². The Balaban J connectivity index is 1.63. The van der Waals surface area contributed by atoms with Gasteiger partial charge in [-0.15, -0.1) is 0 Å². The lowest BCUT2D eigenvalue weighted by Gasteiger charge is -2.09. The molecule has 1 aliphatic rings. The maximum absolute atomic E-state index is 13.8. The Labute approximate surface area is 122 Å². The zero-order chi connectivity index (χ0) is 14.7. The number of methoxy groups -OCH3 is 1. The van der Waals surface area contributed by atoms with Gasteiger partial charge in [0, 0.05) is 30.3 Å². The van der Waals surface area contributed by atoms with Gasteiger partial charge in [-0.25, -0.2) is 4.39 Å². The molecule has 110 valence electrons. The summed E-state index contributed by atoms with van der Waals surface area (Å²) in [5.74, 6) is 1.76. The average molecular weight is 289 g/mol. The second-order valence-corrected chi connectivity index (χ2v) is 4.71. The van der Waals surface area contributed by atoms with Gasteiger partial charge in [0.1, 0.15) is 11.6 Å². The summed E-state index contributed by atoms with van der Waals surface area (Å²) in [5, 5.41) is 3.21. The third-order valence-electron chi connectivity index (χ3n) is 3.37. The summed E-state index contributed by atoms with van der Waals surface area (Å²) in [6.45, 7) is 1.26. The van der Waals surface area contributed by atoms with E-state index >= 15 is 0 Å². The second kappa shape index (κ2) is 6.01. The highest BCUT2D eigenvalue weighted by molar-refractivity contribution is 5.48. The van der Waals surface area contributed by atoms with Crippen molar-refractivity contribution in [1.82, 2.24) is 5.32 Å². The molecule has 0 amide bonds. The summed E-state index contributed by atoms with van der Waals surface area (Å²) in [6.07, 6.45) is 0. The fourth-order valence-electron chi connectivity index (χ4n) is 2.26. The van der Waals surface area contributed by atoms with Crippen LogP contribution in [0, 0.1) is 5.82 Å². The van der Waals surface area contributed by atoms with Crippen molar-refractivity contribution in [2.45, 2.75) is 13.1 Å². The van der Waals surface area contributed by atoms with E-state index in [1.807, 2.05) is 18.2 Å². The number of benzene rings is 2. The Morgan fingerprint density at radius 1 is 1.14 bits per heavy atom. The van der Waals surface area contributed by atoms with E-state index in [0.29, 0.717) is 24.4 Å². The molecular weight excluding hydrogens is 273 g/mol. The van der Waals surface area contributed by atoms with Crippen molar-refractivity contribution < 1.29 is 18.6 Å². The molecule has 1 heterocycles. The first-order valence-corrected chi connectivity index (χ1v) is 6.68. The minimum atomic E-state index is -0.278. The number of ether oxygens (including phenoxy) is 3. The topological polar surface area (TPSA) is 39.7 Å². The van der Waals surface area contributed by atoms with Crippen LogP contribution in [-0.4, -0.2) is 13.9 Å². The van der Waals surface area contributed by atoms with Gasteiger partial charge < -0.3 is 19.5 Å². The lowest BCUT2D eigenvalue weighted by atomic mass is 10.1. The largest absolute Gasteiger partial charge is 0.497 e. The van der Waals surface area contributed by atoms with Crippen molar-refractivity contribution in [3.05, 3.63) is 53.3 Å². The van der Waals surface area contributed by atoms with Crippen molar-refractivity contribution in [3.63, 3.8) is 0 Å². The fourth-order valence-corrected chi connectivity index (χ4v) is 2.26. The minimum Gasteiger partial charge on any atom is -0.497 e. The van der Waals surface area contributed by atoms with Gasteiger partial charge in [0.2, 0.25) is 6.79 Å². The molecule has 0 atom stereocenters. The highest BCUT2D eigenvalue weighted by atomic mass is 19.1. The maximum atomic E-state index is 13.8. The molecule has 0 unspecified atom stereocenters. The van der Waals surface area contributed by atoms with Crippen molar-refractivity contribution >= 4 is 0 Å². The number of hydrogen-bond acceptors (Lipinski definition) is 4. The Morgan fingerprint density at radius 3 is 2.81 bits per heavy atom. The monoisotopic (exact) mass is 289 g/mol. The zero-order valence-electron chi connectivity index (χ0n) is 11.7. The molecule has 0 bridgehead atoms. The number of fused-ring (bicyclic) bond motifs is 1. The van der Waals surface area contributed by atoms with Crippen LogP contribution in [0.3, 0.4) is 0 Å². The molecular formula is C16H16FNO3. The molecule has 4 nitrogen and oxygen atoms in total. The van der Waals surface area contributed by atoms with Crippen LogP contribution in [0.25, 0.3) is 0 Å². The maximum Gasteiger partial charge on any atom is 0.231 e. The van der Waals surface area contributed by atoms with E-state index in [2.05, 4.69) is 5.32 Å². The van der Waals surface area contributed by atoms with E-state index in [0.717, 1.165) is 17.1 Å². The predicted octanol–water partition coefficient (Wildman–Crippen LogP) is 2.85. The van der Waals surface area contributed by atoms with Gasteiger partial charge in [-0.05, 0) is 12.1 Å². The van der Waals surface area contributed by atoms with E-state index in [9.17, 15) is 4.39 Å². The van der Waals surface area contributed by atoms with Crippen LogP contribution < -0.4 is 19.5 Å². The lowest BCUT2D eigenvalue weighted by molar-refractivity contribution is 0.173. The molecule has 2 aromatic rings. The Bertz CT molecular complexity index is 645. The number of rotatable bonds is 5. The van der Waals surface area contributed by atoms with Crippen molar-refractivity contribution in [1.29, 1.82) is 0 Å². The van der Waals surface area contributed by atoms with Crippen LogP contribution in [-0.2, 0) is 13.1 Å². The van der Waals surface area contributed by atoms with Crippen molar-refractivity contribution in [2.75, 3.05) is 13.9 Å². The Hall–Kier alpha value is -2.27. The first kappa shape index (κ1) is 13.7. The van der Waals surface area contributed by atoms with E-state index in [1.165, 1.54) is 13.2 Å². The van der Waals surface area contributed by atoms with Crippen LogP contribution in [0.2, 0.25) is 0 Å². The molecule has 0 saturated heterocycles. The number of hydrogen-bond donors (Lipinski definition) is 1. The number of para-hydroxylation sites is 1. The van der Waals surface area contributed by atoms with E-state index < -0.39 is 0 Å². The normalized spacial score (nSPS) is 12.5. The number of nitrogens with one attached hydrogen (secondary N) is 1. The summed E-state index contributed by atoms with van der Waals surface area (Å²) in [5.41, 5.74) is 1.60. The molecule has 0 aliphatic carbocycles. The zero-order valence-corrected chi connectivity index (χ0v) is 11.7. The summed E-state index contributed by atoms with van der Waals surface area (Å²) in [4.78, 5) is 0. The highest BCUT2D eigenvalue weighted by Gasteiger charge is 2.16. The van der Waals surface area contributed by atoms with Crippen LogP contribution in [0.1, 0.15) is 11.1 Å². The minimum absolute atomic E-state index is 0.249. The Morgan fingerprint density at radius 2 is 2.00 bits per heavy atom. The average Bonchev–Trinajstić information content (AvgIpc) is 2.98. The van der Waals surface area contributed by atoms with Gasteiger partial charge >= 0.3 is 0 Å². The van der Waals surface area contributed by atoms with Gasteiger partial charge in [-0.1, -0.05) is 18.2 Å². The summed E-state index contributed by atoms with van der Waals surface area (Å²) in [7, 11) is 1.52. The molecule has 3 rings (SSSR count). The van der Waals surface area contributed by atoms with Crippen molar-refractivity contribution in [2.24, 2.45) is 0 Å². The third kappa shape index (κ3) is 2.92. The first-order valence-electron chi connectivity index (χ1n) is 6.68. The van der Waals surface area contributed by atoms with Crippen LogP contribution >= 0.6 is 0 Å². The van der Waals surface area contributed by atoms with Gasteiger partial charge in [-0.3, -0.25) is 0 Å². The summed E-state index contributed by atoms with van der Waals surface area (Å²) < 4.78 is 29.6. The quantitative estimate of drug-likeness (QED) is 0.919. The number of halogens is 1. The van der Waals surface area contributed by atoms with Gasteiger partial charge in [0.25, 0.3) is 0 Å². The molecule has 0 fully saturated rings. The SMILES string of the molecule is COc1ccc(CNCc2cccc3c2OCO3)c(F)c1. The van der Waals surface area contributed by atoms with Gasteiger partial charge in [-0.2, -0.15) is 0 Å². The van der Waals surface area contributed by atoms with Gasteiger partial charge in [0.15, 0.2) is 11.5 Å². The lowest BCUT2D eigenvalue weighted by Crippen LogP contribution is -2.14. The van der Waals surface area contributed by atoms with E-state index in [4.69, 9.17) is 14.2 Å². The summed E-state index contributed by atoms with van der Waals surface area (Å²) >= 11 is 0. The van der Waals surface area contributed by atoms with Gasteiger partial charge in [0.05, 0.1) is 7.11 Å². The molecule has 0 radical (unpaired) electrons. The standard InChI is InChI=1S/C16H16FNO3/c1-19-13-6-5-11(14(17)7-13)8-18-9-12-3-2-4-15-16(12)21-10-20-15/h2-7,18H,8-10H2,1H3. The Kier molecular flexibility index (Phi) is 3.92. The molecule has 2 aromatic carbocycles. The summed E-state index contributed by atoms with van der Waals surface area (Å²) in [6, 6.07) is 10.6. The molecule has 0 aromatic heterocycles. The van der Waals surface area contributed by atoms with Crippen LogP contribution in [0.15, 0.2) is 36.4 Å². The molecule has 21 heavy (non-hydrogen) atoms. The first-order chi connectivity index (χ1) is 10.3. The van der Waals surface area contributed by atoms with E-state index in [-0.39, 0.29) is 12.6 Å². The molecule has 0 saturated carbocycles. The van der Waals surface area contributed by atoms with E-state index in [1.54, 1.807) is 12.1 Å². The second-order valence-electron chi connectivity index (χ2n) is 4.71. The molecule has 1 aliphatic heterocycles. The smallest absolute Gasteiger partial charge is 0.231 e. The molecule has 5 heteroatoms. The third-order valence-corrected chi connectivity index (χ3v) is 3.37. The molecule has 1 N–H and O–H groups in total.